The number of piperidine rings is 1. The van der Waals surface area contributed by atoms with Crippen molar-refractivity contribution in [1.82, 2.24) is 19.9 Å². The summed E-state index contributed by atoms with van der Waals surface area (Å²) in [6, 6.07) is 3.98. The van der Waals surface area contributed by atoms with Gasteiger partial charge in [0.1, 0.15) is 5.60 Å². The predicted octanol–water partition coefficient (Wildman–Crippen LogP) is 3.95. The Balaban J connectivity index is 1.54. The number of anilines is 2. The number of hydrogen-bond acceptors (Lipinski definition) is 7. The Morgan fingerprint density at radius 1 is 1.13 bits per heavy atom. The predicted molar refractivity (Wildman–Crippen MR) is 121 cm³/mol. The molecular weight excluding hydrogens is 392 g/mol. The first-order valence-electron chi connectivity index (χ1n) is 11.2. The van der Waals surface area contributed by atoms with E-state index >= 15 is 0 Å². The molecule has 1 amide bonds. The summed E-state index contributed by atoms with van der Waals surface area (Å²) in [6.07, 6.45) is 9.34. The van der Waals surface area contributed by atoms with Crippen molar-refractivity contribution in [2.45, 2.75) is 58.1 Å². The molecule has 2 aliphatic heterocycles. The van der Waals surface area contributed by atoms with Gasteiger partial charge in [-0.1, -0.05) is 0 Å². The van der Waals surface area contributed by atoms with Gasteiger partial charge in [-0.05, 0) is 58.6 Å². The Hall–Kier alpha value is -2.90. The van der Waals surface area contributed by atoms with Gasteiger partial charge in [-0.15, -0.1) is 0 Å². The number of amides is 1. The van der Waals surface area contributed by atoms with E-state index in [2.05, 4.69) is 15.2 Å². The molecule has 2 saturated heterocycles. The first-order valence-corrected chi connectivity index (χ1v) is 11.2. The highest BCUT2D eigenvalue weighted by molar-refractivity contribution is 5.69. The standard InChI is InChI=1S/C23H32N6O2/c1-23(2,3)31-22(30)29-14-6-7-18(16-29)26-20-21(28-12-4-5-13-28)25-15-19(27-20)17-8-10-24-11-9-17/h8-11,15,18H,4-7,12-14,16H2,1-3H3,(H,26,27). The van der Waals surface area contributed by atoms with Crippen molar-refractivity contribution in [3.05, 3.63) is 30.7 Å². The lowest BCUT2D eigenvalue weighted by Gasteiger charge is -2.35. The van der Waals surface area contributed by atoms with Crippen molar-refractivity contribution in [2.75, 3.05) is 36.4 Å². The van der Waals surface area contributed by atoms with E-state index in [-0.39, 0.29) is 12.1 Å². The molecule has 4 heterocycles. The molecule has 31 heavy (non-hydrogen) atoms. The highest BCUT2D eigenvalue weighted by Gasteiger charge is 2.29. The highest BCUT2D eigenvalue weighted by atomic mass is 16.6. The van der Waals surface area contributed by atoms with Crippen LogP contribution in [0.2, 0.25) is 0 Å². The number of ether oxygens (including phenoxy) is 1. The minimum absolute atomic E-state index is 0.101. The molecule has 4 rings (SSSR count). The van der Waals surface area contributed by atoms with Crippen molar-refractivity contribution < 1.29 is 9.53 Å². The summed E-state index contributed by atoms with van der Waals surface area (Å²) < 4.78 is 5.57. The van der Waals surface area contributed by atoms with Crippen LogP contribution in [0.5, 0.6) is 0 Å². The van der Waals surface area contributed by atoms with Gasteiger partial charge in [0.15, 0.2) is 11.6 Å². The van der Waals surface area contributed by atoms with Crippen LogP contribution >= 0.6 is 0 Å². The van der Waals surface area contributed by atoms with E-state index in [4.69, 9.17) is 14.7 Å². The molecule has 1 unspecified atom stereocenters. The zero-order valence-corrected chi connectivity index (χ0v) is 18.7. The highest BCUT2D eigenvalue weighted by Crippen LogP contribution is 2.29. The first-order chi connectivity index (χ1) is 14.9. The number of aromatic nitrogens is 3. The third-order valence-electron chi connectivity index (χ3n) is 5.55. The normalized spacial score (nSPS) is 19.4. The van der Waals surface area contributed by atoms with Crippen molar-refractivity contribution in [3.8, 4) is 11.3 Å². The monoisotopic (exact) mass is 424 g/mol. The lowest BCUT2D eigenvalue weighted by Crippen LogP contribution is -2.47. The molecule has 2 aromatic rings. The maximum absolute atomic E-state index is 12.6. The molecule has 166 valence electrons. The molecule has 1 atom stereocenters. The number of pyridine rings is 1. The fourth-order valence-corrected chi connectivity index (χ4v) is 4.08. The minimum Gasteiger partial charge on any atom is -0.444 e. The average Bonchev–Trinajstić information content (AvgIpc) is 3.28. The molecule has 0 aromatic carbocycles. The Labute approximate surface area is 184 Å². The van der Waals surface area contributed by atoms with Crippen molar-refractivity contribution in [2.24, 2.45) is 0 Å². The number of nitrogens with zero attached hydrogens (tertiary/aromatic N) is 5. The molecule has 2 fully saturated rings. The second kappa shape index (κ2) is 9.08. The Morgan fingerprint density at radius 3 is 2.58 bits per heavy atom. The number of hydrogen-bond donors (Lipinski definition) is 1. The third-order valence-corrected chi connectivity index (χ3v) is 5.55. The van der Waals surface area contributed by atoms with Crippen LogP contribution in [0, 0.1) is 0 Å². The van der Waals surface area contributed by atoms with Gasteiger partial charge in [-0.3, -0.25) is 4.98 Å². The smallest absolute Gasteiger partial charge is 0.410 e. The molecule has 0 spiro atoms. The topological polar surface area (TPSA) is 83.5 Å². The Bertz CT molecular complexity index is 893. The van der Waals surface area contributed by atoms with Gasteiger partial charge in [-0.2, -0.15) is 0 Å². The van der Waals surface area contributed by atoms with E-state index in [0.29, 0.717) is 6.54 Å². The summed E-state index contributed by atoms with van der Waals surface area (Å²) in [5.74, 6) is 1.68. The van der Waals surface area contributed by atoms with Crippen LogP contribution in [0.15, 0.2) is 30.7 Å². The average molecular weight is 425 g/mol. The molecule has 0 saturated carbocycles. The van der Waals surface area contributed by atoms with Crippen molar-refractivity contribution in [1.29, 1.82) is 0 Å². The zero-order chi connectivity index (χ0) is 21.8. The van der Waals surface area contributed by atoms with E-state index in [1.54, 1.807) is 17.3 Å². The number of nitrogens with one attached hydrogen (secondary N) is 1. The summed E-state index contributed by atoms with van der Waals surface area (Å²) in [5.41, 5.74) is 1.30. The summed E-state index contributed by atoms with van der Waals surface area (Å²) in [4.78, 5) is 30.5. The second-order valence-electron chi connectivity index (χ2n) is 9.27. The molecule has 1 N–H and O–H groups in total. The molecule has 8 nitrogen and oxygen atoms in total. The molecule has 0 radical (unpaired) electrons. The summed E-state index contributed by atoms with van der Waals surface area (Å²) in [5, 5.41) is 3.60. The lowest BCUT2D eigenvalue weighted by atomic mass is 10.1. The van der Waals surface area contributed by atoms with E-state index in [1.807, 2.05) is 39.1 Å². The van der Waals surface area contributed by atoms with E-state index in [9.17, 15) is 4.79 Å². The van der Waals surface area contributed by atoms with Gasteiger partial charge in [0.2, 0.25) is 0 Å². The molecule has 0 bridgehead atoms. The largest absolute Gasteiger partial charge is 0.444 e. The molecule has 2 aliphatic rings. The summed E-state index contributed by atoms with van der Waals surface area (Å²) in [7, 11) is 0. The number of carbonyl (C=O) groups is 1. The quantitative estimate of drug-likeness (QED) is 0.795. The van der Waals surface area contributed by atoms with Crippen LogP contribution in [0.4, 0.5) is 16.4 Å². The third kappa shape index (κ3) is 5.42. The van der Waals surface area contributed by atoms with Gasteiger partial charge in [-0.25, -0.2) is 14.8 Å². The molecule has 2 aromatic heterocycles. The maximum atomic E-state index is 12.6. The van der Waals surface area contributed by atoms with Crippen LogP contribution in [-0.4, -0.2) is 63.8 Å². The van der Waals surface area contributed by atoms with Crippen LogP contribution in [-0.2, 0) is 4.74 Å². The van der Waals surface area contributed by atoms with Gasteiger partial charge in [0.05, 0.1) is 11.9 Å². The SMILES string of the molecule is CC(C)(C)OC(=O)N1CCCC(Nc2nc(-c3ccncc3)cnc2N2CCCC2)C1. The Kier molecular flexibility index (Phi) is 6.25. The van der Waals surface area contributed by atoms with Gasteiger partial charge < -0.3 is 19.9 Å². The van der Waals surface area contributed by atoms with Crippen LogP contribution in [0.1, 0.15) is 46.5 Å². The van der Waals surface area contributed by atoms with Crippen molar-refractivity contribution in [3.63, 3.8) is 0 Å². The maximum Gasteiger partial charge on any atom is 0.410 e. The van der Waals surface area contributed by atoms with Crippen LogP contribution in [0.25, 0.3) is 11.3 Å². The molecular formula is C23H32N6O2. The Morgan fingerprint density at radius 2 is 1.87 bits per heavy atom. The van der Waals surface area contributed by atoms with Crippen molar-refractivity contribution >= 4 is 17.7 Å². The molecule has 0 aliphatic carbocycles. The lowest BCUT2D eigenvalue weighted by molar-refractivity contribution is 0.0206. The number of likely N-dealkylation sites (tertiary alicyclic amines) is 1. The minimum atomic E-state index is -0.495. The number of rotatable bonds is 4. The van der Waals surface area contributed by atoms with Gasteiger partial charge >= 0.3 is 6.09 Å². The van der Waals surface area contributed by atoms with Crippen LogP contribution < -0.4 is 10.2 Å². The van der Waals surface area contributed by atoms with E-state index in [0.717, 1.165) is 55.4 Å². The summed E-state index contributed by atoms with van der Waals surface area (Å²) >= 11 is 0. The fourth-order valence-electron chi connectivity index (χ4n) is 4.08. The van der Waals surface area contributed by atoms with Gasteiger partial charge in [0, 0.05) is 50.2 Å². The van der Waals surface area contributed by atoms with Gasteiger partial charge in [0.25, 0.3) is 0 Å². The van der Waals surface area contributed by atoms with E-state index in [1.165, 1.54) is 12.8 Å². The zero-order valence-electron chi connectivity index (χ0n) is 18.7. The second-order valence-corrected chi connectivity index (χ2v) is 9.27. The van der Waals surface area contributed by atoms with Crippen LogP contribution in [0.3, 0.4) is 0 Å². The first kappa shape index (κ1) is 21.3. The fraction of sp³-hybridized carbons (Fsp3) is 0.565. The number of carbonyl (C=O) groups excluding carboxylic acids is 1. The summed E-state index contributed by atoms with van der Waals surface area (Å²) in [6.45, 7) is 8.98. The molecule has 8 heteroatoms. The van der Waals surface area contributed by atoms with E-state index < -0.39 is 5.60 Å².